The summed E-state index contributed by atoms with van der Waals surface area (Å²) in [6.45, 7) is 12.0. The molecule has 0 spiro atoms. The van der Waals surface area contributed by atoms with Crippen LogP contribution in [-0.4, -0.2) is 62.9 Å². The number of carbonyl (C=O) groups is 1. The fourth-order valence-corrected chi connectivity index (χ4v) is 6.07. The Labute approximate surface area is 191 Å². The van der Waals surface area contributed by atoms with Crippen molar-refractivity contribution in [3.05, 3.63) is 52.6 Å². The summed E-state index contributed by atoms with van der Waals surface area (Å²) in [7, 11) is -3.59. The predicted molar refractivity (Wildman–Crippen MR) is 127 cm³/mol. The summed E-state index contributed by atoms with van der Waals surface area (Å²) in [5, 5.41) is 2.90. The Morgan fingerprint density at radius 1 is 1.00 bits per heavy atom. The molecule has 0 atom stereocenters. The fourth-order valence-electron chi connectivity index (χ4n) is 4.07. The molecular formula is C24H33N3O4S. The van der Waals surface area contributed by atoms with E-state index < -0.39 is 10.0 Å². The number of nitrogens with one attached hydrogen (secondary N) is 1. The highest BCUT2D eigenvalue weighted by Crippen LogP contribution is 2.29. The largest absolute Gasteiger partial charge is 0.492 e. The van der Waals surface area contributed by atoms with Crippen LogP contribution in [0.3, 0.4) is 0 Å². The van der Waals surface area contributed by atoms with Crippen LogP contribution in [0.5, 0.6) is 5.75 Å². The number of piperazine rings is 1. The van der Waals surface area contributed by atoms with Gasteiger partial charge in [-0.1, -0.05) is 18.2 Å². The number of aryl methyl sites for hydroxylation is 2. The highest BCUT2D eigenvalue weighted by Gasteiger charge is 2.32. The second-order valence-electron chi connectivity index (χ2n) is 8.25. The minimum absolute atomic E-state index is 0.144. The van der Waals surface area contributed by atoms with Crippen LogP contribution in [0.4, 0.5) is 5.69 Å². The molecule has 1 aliphatic rings. The van der Waals surface area contributed by atoms with Crippen molar-refractivity contribution in [2.24, 2.45) is 0 Å². The van der Waals surface area contributed by atoms with Gasteiger partial charge in [0, 0.05) is 26.2 Å². The lowest BCUT2D eigenvalue weighted by Crippen LogP contribution is -2.50. The second kappa shape index (κ2) is 10.0. The Bertz CT molecular complexity index is 1060. The third-order valence-electron chi connectivity index (χ3n) is 6.05. The molecule has 174 valence electrons. The van der Waals surface area contributed by atoms with Crippen LogP contribution >= 0.6 is 0 Å². The number of para-hydroxylation sites is 2. The van der Waals surface area contributed by atoms with Crippen LogP contribution in [-0.2, 0) is 14.8 Å². The molecule has 32 heavy (non-hydrogen) atoms. The van der Waals surface area contributed by atoms with Crippen molar-refractivity contribution in [3.8, 4) is 5.75 Å². The van der Waals surface area contributed by atoms with Crippen molar-refractivity contribution in [3.63, 3.8) is 0 Å². The SMILES string of the molecule is CCOc1ccccc1NC(=O)CN1CCN(S(=O)(=O)c2c(C)c(C)cc(C)c2C)CC1. The topological polar surface area (TPSA) is 79.0 Å². The minimum Gasteiger partial charge on any atom is -0.492 e. The molecule has 1 aliphatic heterocycles. The second-order valence-corrected chi connectivity index (χ2v) is 10.1. The lowest BCUT2D eigenvalue weighted by molar-refractivity contribution is -0.117. The maximum absolute atomic E-state index is 13.4. The number of ether oxygens (including phenoxy) is 1. The third kappa shape index (κ3) is 5.14. The molecule has 0 radical (unpaired) electrons. The van der Waals surface area contributed by atoms with E-state index >= 15 is 0 Å². The number of hydrogen-bond acceptors (Lipinski definition) is 5. The molecule has 2 aromatic carbocycles. The summed E-state index contributed by atoms with van der Waals surface area (Å²) in [5.74, 6) is 0.493. The van der Waals surface area contributed by atoms with E-state index in [2.05, 4.69) is 5.32 Å². The number of carbonyl (C=O) groups excluding carboxylic acids is 1. The molecule has 7 nitrogen and oxygen atoms in total. The molecule has 1 saturated heterocycles. The van der Waals surface area contributed by atoms with E-state index in [1.165, 1.54) is 0 Å². The van der Waals surface area contributed by atoms with Crippen molar-refractivity contribution in [2.75, 3.05) is 44.6 Å². The third-order valence-corrected chi connectivity index (χ3v) is 8.23. The molecule has 2 aromatic rings. The molecule has 8 heteroatoms. The summed E-state index contributed by atoms with van der Waals surface area (Å²) >= 11 is 0. The average molecular weight is 460 g/mol. The number of amides is 1. The van der Waals surface area contributed by atoms with Gasteiger partial charge in [-0.05, 0) is 69.0 Å². The van der Waals surface area contributed by atoms with E-state index in [9.17, 15) is 13.2 Å². The molecule has 0 bridgehead atoms. The monoisotopic (exact) mass is 459 g/mol. The van der Waals surface area contributed by atoms with Crippen molar-refractivity contribution < 1.29 is 17.9 Å². The Hall–Kier alpha value is -2.42. The first-order chi connectivity index (χ1) is 15.1. The normalized spacial score (nSPS) is 15.5. The first-order valence-corrected chi connectivity index (χ1v) is 12.4. The van der Waals surface area contributed by atoms with Gasteiger partial charge in [0.25, 0.3) is 0 Å². The van der Waals surface area contributed by atoms with Gasteiger partial charge in [0.15, 0.2) is 0 Å². The summed E-state index contributed by atoms with van der Waals surface area (Å²) in [6.07, 6.45) is 0. The van der Waals surface area contributed by atoms with E-state index in [4.69, 9.17) is 4.74 Å². The van der Waals surface area contributed by atoms with E-state index in [1.54, 1.807) is 4.31 Å². The number of benzene rings is 2. The standard InChI is InChI=1S/C24H33N3O4S/c1-6-31-22-10-8-7-9-21(22)25-23(28)16-26-11-13-27(14-12-26)32(29,30)24-19(4)17(2)15-18(3)20(24)5/h7-10,15H,6,11-14,16H2,1-5H3,(H,25,28). The van der Waals surface area contributed by atoms with Crippen LogP contribution < -0.4 is 10.1 Å². The van der Waals surface area contributed by atoms with E-state index in [-0.39, 0.29) is 12.5 Å². The lowest BCUT2D eigenvalue weighted by Gasteiger charge is -2.34. The molecule has 0 aliphatic carbocycles. The smallest absolute Gasteiger partial charge is 0.243 e. The molecule has 3 rings (SSSR count). The van der Waals surface area contributed by atoms with E-state index in [0.717, 1.165) is 22.3 Å². The van der Waals surface area contributed by atoms with Gasteiger partial charge < -0.3 is 10.1 Å². The lowest BCUT2D eigenvalue weighted by atomic mass is 10.0. The zero-order chi connectivity index (χ0) is 23.5. The first kappa shape index (κ1) is 24.2. The Morgan fingerprint density at radius 3 is 2.19 bits per heavy atom. The summed E-state index contributed by atoms with van der Waals surface area (Å²) in [6, 6.07) is 9.36. The van der Waals surface area contributed by atoms with E-state index in [0.29, 0.717) is 49.1 Å². The van der Waals surface area contributed by atoms with Crippen LogP contribution in [0.15, 0.2) is 35.2 Å². The molecule has 0 unspecified atom stereocenters. The maximum atomic E-state index is 13.4. The minimum atomic E-state index is -3.59. The van der Waals surface area contributed by atoms with Crippen molar-refractivity contribution >= 4 is 21.6 Å². The maximum Gasteiger partial charge on any atom is 0.243 e. The highest BCUT2D eigenvalue weighted by molar-refractivity contribution is 7.89. The van der Waals surface area contributed by atoms with Gasteiger partial charge in [-0.3, -0.25) is 9.69 Å². The Balaban J connectivity index is 1.64. The van der Waals surface area contributed by atoms with Crippen molar-refractivity contribution in [1.82, 2.24) is 9.21 Å². The summed E-state index contributed by atoms with van der Waals surface area (Å²) in [5.41, 5.74) is 4.22. The molecule has 0 saturated carbocycles. The van der Waals surface area contributed by atoms with Gasteiger partial charge in [-0.15, -0.1) is 0 Å². The zero-order valence-electron chi connectivity index (χ0n) is 19.6. The Kier molecular flexibility index (Phi) is 7.59. The van der Waals surface area contributed by atoms with Crippen LogP contribution in [0.2, 0.25) is 0 Å². The molecule has 1 N–H and O–H groups in total. The molecular weight excluding hydrogens is 426 g/mol. The summed E-state index contributed by atoms with van der Waals surface area (Å²) < 4.78 is 33.9. The van der Waals surface area contributed by atoms with Crippen LogP contribution in [0.1, 0.15) is 29.2 Å². The van der Waals surface area contributed by atoms with Gasteiger partial charge in [-0.2, -0.15) is 4.31 Å². The van der Waals surface area contributed by atoms with Crippen LogP contribution in [0, 0.1) is 27.7 Å². The van der Waals surface area contributed by atoms with Gasteiger partial charge in [0.2, 0.25) is 15.9 Å². The number of hydrogen-bond donors (Lipinski definition) is 1. The number of anilines is 1. The van der Waals surface area contributed by atoms with E-state index in [1.807, 2.05) is 69.9 Å². The fraction of sp³-hybridized carbons (Fsp3) is 0.458. The predicted octanol–water partition coefficient (Wildman–Crippen LogP) is 3.26. The number of rotatable bonds is 7. The summed E-state index contributed by atoms with van der Waals surface area (Å²) in [4.78, 5) is 15.0. The van der Waals surface area contributed by atoms with Gasteiger partial charge >= 0.3 is 0 Å². The van der Waals surface area contributed by atoms with Crippen molar-refractivity contribution in [1.29, 1.82) is 0 Å². The van der Waals surface area contributed by atoms with Gasteiger partial charge in [0.05, 0.1) is 23.7 Å². The molecule has 0 aromatic heterocycles. The van der Waals surface area contributed by atoms with Crippen LogP contribution in [0.25, 0.3) is 0 Å². The number of sulfonamides is 1. The zero-order valence-corrected chi connectivity index (χ0v) is 20.4. The highest BCUT2D eigenvalue weighted by atomic mass is 32.2. The first-order valence-electron chi connectivity index (χ1n) is 11.0. The van der Waals surface area contributed by atoms with Crippen molar-refractivity contribution in [2.45, 2.75) is 39.5 Å². The van der Waals surface area contributed by atoms with Gasteiger partial charge in [0.1, 0.15) is 5.75 Å². The average Bonchev–Trinajstić information content (AvgIpc) is 2.74. The van der Waals surface area contributed by atoms with Gasteiger partial charge in [-0.25, -0.2) is 8.42 Å². The Morgan fingerprint density at radius 2 is 1.59 bits per heavy atom. The molecule has 1 heterocycles. The number of nitrogens with zero attached hydrogens (tertiary/aromatic N) is 2. The quantitative estimate of drug-likeness (QED) is 0.688. The molecule has 1 amide bonds. The molecule has 1 fully saturated rings.